The molecule has 0 aromatic carbocycles. The molecule has 0 saturated carbocycles. The SMILES string of the molecule is CCC1=NN2C(=CCC3=C2CCC3)N=C1C. The molecule has 2 heterocycles. The summed E-state index contributed by atoms with van der Waals surface area (Å²) in [5.74, 6) is 1.04. The second kappa shape index (κ2) is 3.58. The molecule has 0 aromatic rings. The van der Waals surface area contributed by atoms with Crippen LogP contribution in [0.15, 0.2) is 33.3 Å². The fraction of sp³-hybridized carbons (Fsp3) is 0.538. The van der Waals surface area contributed by atoms with E-state index in [9.17, 15) is 0 Å². The Morgan fingerprint density at radius 2 is 2.25 bits per heavy atom. The van der Waals surface area contributed by atoms with E-state index in [4.69, 9.17) is 5.10 Å². The highest BCUT2D eigenvalue weighted by Gasteiger charge is 2.28. The lowest BCUT2D eigenvalue weighted by atomic mass is 10.1. The lowest BCUT2D eigenvalue weighted by Gasteiger charge is -2.29. The molecular formula is C13H17N3. The summed E-state index contributed by atoms with van der Waals surface area (Å²) in [4.78, 5) is 4.66. The van der Waals surface area contributed by atoms with E-state index in [1.165, 1.54) is 25.0 Å². The highest BCUT2D eigenvalue weighted by atomic mass is 15.5. The second-order valence-electron chi connectivity index (χ2n) is 4.58. The molecule has 0 spiro atoms. The number of fused-ring (bicyclic) bond motifs is 2. The normalized spacial score (nSPS) is 23.6. The summed E-state index contributed by atoms with van der Waals surface area (Å²) in [6, 6.07) is 0. The number of nitrogens with zero attached hydrogens (tertiary/aromatic N) is 3. The molecule has 0 N–H and O–H groups in total. The van der Waals surface area contributed by atoms with Crippen LogP contribution in [0.4, 0.5) is 0 Å². The minimum atomic E-state index is 0.960. The molecule has 0 radical (unpaired) electrons. The molecule has 3 heteroatoms. The van der Waals surface area contributed by atoms with Gasteiger partial charge < -0.3 is 0 Å². The van der Waals surface area contributed by atoms with Gasteiger partial charge in [0.15, 0.2) is 0 Å². The van der Waals surface area contributed by atoms with Gasteiger partial charge in [-0.2, -0.15) is 5.10 Å². The number of hydrogen-bond acceptors (Lipinski definition) is 3. The third-order valence-electron chi connectivity index (χ3n) is 3.56. The van der Waals surface area contributed by atoms with E-state index in [2.05, 4.69) is 29.9 Å². The lowest BCUT2D eigenvalue weighted by molar-refractivity contribution is 0.421. The summed E-state index contributed by atoms with van der Waals surface area (Å²) < 4.78 is 0. The first-order valence-corrected chi connectivity index (χ1v) is 6.14. The Bertz CT molecular complexity index is 452. The zero-order valence-electron chi connectivity index (χ0n) is 9.95. The first-order chi connectivity index (χ1) is 7.79. The Morgan fingerprint density at radius 3 is 3.06 bits per heavy atom. The largest absolute Gasteiger partial charge is 0.232 e. The van der Waals surface area contributed by atoms with Crippen LogP contribution in [0.25, 0.3) is 0 Å². The predicted molar refractivity (Wildman–Crippen MR) is 66.3 cm³/mol. The number of aliphatic imine (C=N–C) groups is 1. The van der Waals surface area contributed by atoms with Crippen LogP contribution in [-0.2, 0) is 0 Å². The number of rotatable bonds is 1. The van der Waals surface area contributed by atoms with E-state index in [1.807, 2.05) is 0 Å². The van der Waals surface area contributed by atoms with E-state index in [-0.39, 0.29) is 0 Å². The molecule has 3 nitrogen and oxygen atoms in total. The van der Waals surface area contributed by atoms with Gasteiger partial charge in [0.1, 0.15) is 5.82 Å². The first kappa shape index (κ1) is 9.82. The second-order valence-corrected chi connectivity index (χ2v) is 4.58. The third kappa shape index (κ3) is 1.34. The smallest absolute Gasteiger partial charge is 0.150 e. The van der Waals surface area contributed by atoms with Crippen LogP contribution < -0.4 is 0 Å². The quantitative estimate of drug-likeness (QED) is 0.660. The van der Waals surface area contributed by atoms with Gasteiger partial charge in [-0.05, 0) is 50.7 Å². The van der Waals surface area contributed by atoms with Gasteiger partial charge in [0, 0.05) is 5.70 Å². The van der Waals surface area contributed by atoms with E-state index in [1.54, 1.807) is 5.57 Å². The van der Waals surface area contributed by atoms with Crippen molar-refractivity contribution in [2.45, 2.75) is 46.0 Å². The maximum atomic E-state index is 4.74. The summed E-state index contributed by atoms with van der Waals surface area (Å²) in [6.45, 7) is 4.19. The Hall–Kier alpha value is -1.38. The van der Waals surface area contributed by atoms with Gasteiger partial charge in [0.25, 0.3) is 0 Å². The lowest BCUT2D eigenvalue weighted by Crippen LogP contribution is -2.27. The third-order valence-corrected chi connectivity index (χ3v) is 3.56. The van der Waals surface area contributed by atoms with Gasteiger partial charge in [-0.15, -0.1) is 0 Å². The van der Waals surface area contributed by atoms with Crippen LogP contribution in [0.2, 0.25) is 0 Å². The zero-order valence-corrected chi connectivity index (χ0v) is 9.95. The molecule has 0 fully saturated rings. The minimum absolute atomic E-state index is 0.960. The minimum Gasteiger partial charge on any atom is -0.232 e. The Balaban J connectivity index is 2.01. The summed E-state index contributed by atoms with van der Waals surface area (Å²) in [6.07, 6.45) is 7.94. The van der Waals surface area contributed by atoms with Crippen molar-refractivity contribution in [1.29, 1.82) is 0 Å². The molecular weight excluding hydrogens is 198 g/mol. The van der Waals surface area contributed by atoms with Gasteiger partial charge in [-0.25, -0.2) is 10.0 Å². The number of allylic oxidation sites excluding steroid dienone is 3. The maximum absolute atomic E-state index is 4.74. The van der Waals surface area contributed by atoms with Crippen LogP contribution in [-0.4, -0.2) is 16.4 Å². The predicted octanol–water partition coefficient (Wildman–Crippen LogP) is 3.21. The van der Waals surface area contributed by atoms with Crippen LogP contribution in [0.3, 0.4) is 0 Å². The highest BCUT2D eigenvalue weighted by Crippen LogP contribution is 2.38. The molecule has 3 aliphatic rings. The molecule has 0 unspecified atom stereocenters. The van der Waals surface area contributed by atoms with Crippen molar-refractivity contribution < 1.29 is 0 Å². The fourth-order valence-corrected chi connectivity index (χ4v) is 2.67. The topological polar surface area (TPSA) is 28.0 Å². The molecule has 3 rings (SSSR count). The summed E-state index contributed by atoms with van der Waals surface area (Å²) in [7, 11) is 0. The average molecular weight is 215 g/mol. The first-order valence-electron chi connectivity index (χ1n) is 6.14. The van der Waals surface area contributed by atoms with Crippen molar-refractivity contribution in [3.05, 3.63) is 23.2 Å². The Morgan fingerprint density at radius 1 is 1.38 bits per heavy atom. The Labute approximate surface area is 96.2 Å². The van der Waals surface area contributed by atoms with E-state index in [0.717, 1.165) is 30.1 Å². The summed E-state index contributed by atoms with van der Waals surface area (Å²) >= 11 is 0. The summed E-state index contributed by atoms with van der Waals surface area (Å²) in [5.41, 5.74) is 5.18. The molecule has 16 heavy (non-hydrogen) atoms. The monoisotopic (exact) mass is 215 g/mol. The van der Waals surface area contributed by atoms with Crippen molar-refractivity contribution in [1.82, 2.24) is 5.01 Å². The van der Waals surface area contributed by atoms with Crippen molar-refractivity contribution in [2.75, 3.05) is 0 Å². The molecule has 0 bridgehead atoms. The molecule has 0 atom stereocenters. The van der Waals surface area contributed by atoms with Crippen molar-refractivity contribution >= 4 is 11.4 Å². The van der Waals surface area contributed by atoms with Crippen LogP contribution in [0, 0.1) is 0 Å². The van der Waals surface area contributed by atoms with Crippen molar-refractivity contribution in [3.8, 4) is 0 Å². The van der Waals surface area contributed by atoms with Gasteiger partial charge in [0.2, 0.25) is 0 Å². The van der Waals surface area contributed by atoms with Gasteiger partial charge in [-0.1, -0.05) is 6.92 Å². The summed E-state index contributed by atoms with van der Waals surface area (Å²) in [5, 5.41) is 6.82. The van der Waals surface area contributed by atoms with Crippen LogP contribution in [0.5, 0.6) is 0 Å². The van der Waals surface area contributed by atoms with Crippen LogP contribution in [0.1, 0.15) is 46.0 Å². The zero-order chi connectivity index (χ0) is 11.1. The van der Waals surface area contributed by atoms with Crippen LogP contribution >= 0.6 is 0 Å². The van der Waals surface area contributed by atoms with Gasteiger partial charge in [0.05, 0.1) is 11.4 Å². The standard InChI is InChI=1S/C13H17N3/c1-3-11-9(2)14-13-8-7-10-5-4-6-12(10)16(13)15-11/h8H,3-7H2,1-2H3. The fourth-order valence-electron chi connectivity index (χ4n) is 2.67. The molecule has 1 aliphatic carbocycles. The van der Waals surface area contributed by atoms with Crippen molar-refractivity contribution in [2.24, 2.45) is 10.1 Å². The van der Waals surface area contributed by atoms with Crippen molar-refractivity contribution in [3.63, 3.8) is 0 Å². The van der Waals surface area contributed by atoms with Gasteiger partial charge >= 0.3 is 0 Å². The molecule has 0 saturated heterocycles. The maximum Gasteiger partial charge on any atom is 0.150 e. The molecule has 0 aromatic heterocycles. The molecule has 84 valence electrons. The highest BCUT2D eigenvalue weighted by molar-refractivity contribution is 6.41. The van der Waals surface area contributed by atoms with E-state index in [0.29, 0.717) is 0 Å². The average Bonchev–Trinajstić information content (AvgIpc) is 2.76. The van der Waals surface area contributed by atoms with E-state index >= 15 is 0 Å². The molecule has 0 amide bonds. The Kier molecular flexibility index (Phi) is 2.20. The number of hydrogen-bond donors (Lipinski definition) is 0. The van der Waals surface area contributed by atoms with Gasteiger partial charge in [-0.3, -0.25) is 0 Å². The van der Waals surface area contributed by atoms with E-state index < -0.39 is 0 Å². The number of hydrazone groups is 1. The molecule has 2 aliphatic heterocycles.